The minimum Gasteiger partial charge on any atom is -0.508 e. The summed E-state index contributed by atoms with van der Waals surface area (Å²) in [6.07, 6.45) is -0.973. The van der Waals surface area contributed by atoms with E-state index in [9.17, 15) is 24.2 Å². The molecule has 170 valence electrons. The van der Waals surface area contributed by atoms with Gasteiger partial charge < -0.3 is 24.7 Å². The number of nitrogens with zero attached hydrogens (tertiary/aromatic N) is 2. The molecular weight excluding hydrogens is 427 g/mol. The van der Waals surface area contributed by atoms with E-state index in [1.54, 1.807) is 49.5 Å². The molecule has 0 unspecified atom stereocenters. The van der Waals surface area contributed by atoms with Gasteiger partial charge in [0.2, 0.25) is 0 Å². The zero-order valence-electron chi connectivity index (χ0n) is 17.9. The lowest BCUT2D eigenvalue weighted by Crippen LogP contribution is -2.38. The van der Waals surface area contributed by atoms with E-state index in [-0.39, 0.29) is 43.1 Å². The van der Waals surface area contributed by atoms with Crippen molar-refractivity contribution < 1.29 is 28.9 Å². The van der Waals surface area contributed by atoms with E-state index >= 15 is 0 Å². The fourth-order valence-electron chi connectivity index (χ4n) is 3.73. The van der Waals surface area contributed by atoms with Gasteiger partial charge in [-0.3, -0.25) is 9.59 Å². The van der Waals surface area contributed by atoms with Gasteiger partial charge in [-0.2, -0.15) is 0 Å². The second-order valence-corrected chi connectivity index (χ2v) is 7.88. The number of carbonyl (C=O) groups is 2. The van der Waals surface area contributed by atoms with Crippen LogP contribution in [0, 0.1) is 5.82 Å². The predicted octanol–water partition coefficient (Wildman–Crippen LogP) is 3.26. The maximum absolute atomic E-state index is 13.5. The topological polar surface area (TPSA) is 90.3 Å². The number of halogens is 1. The molecule has 0 saturated carbocycles. The van der Waals surface area contributed by atoms with Gasteiger partial charge in [0.15, 0.2) is 6.61 Å². The molecule has 2 N–H and O–H groups in total. The van der Waals surface area contributed by atoms with Gasteiger partial charge in [-0.1, -0.05) is 24.3 Å². The summed E-state index contributed by atoms with van der Waals surface area (Å²) in [5.41, 5.74) is 1.96. The number of aromatic hydroxyl groups is 1. The SMILES string of the molecule is CN(C[C@H](O)c1cccc(O)c1)C(=O)c1ccc2c(c1)OCC(=O)N2Cc1cccc(F)c1. The summed E-state index contributed by atoms with van der Waals surface area (Å²) in [5, 5.41) is 20.0. The van der Waals surface area contributed by atoms with Crippen LogP contribution in [0.2, 0.25) is 0 Å². The number of aliphatic hydroxyl groups is 1. The predicted molar refractivity (Wildman–Crippen MR) is 120 cm³/mol. The van der Waals surface area contributed by atoms with Crippen LogP contribution in [0.5, 0.6) is 11.5 Å². The lowest BCUT2D eigenvalue weighted by atomic mass is 10.1. The number of ether oxygens (including phenoxy) is 1. The molecule has 4 rings (SSSR count). The maximum atomic E-state index is 13.5. The quantitative estimate of drug-likeness (QED) is 0.602. The highest BCUT2D eigenvalue weighted by atomic mass is 19.1. The molecule has 0 saturated heterocycles. The summed E-state index contributed by atoms with van der Waals surface area (Å²) in [7, 11) is 1.56. The first-order chi connectivity index (χ1) is 15.8. The number of anilines is 1. The molecule has 2 amide bonds. The Kier molecular flexibility index (Phi) is 6.28. The molecule has 1 atom stereocenters. The average Bonchev–Trinajstić information content (AvgIpc) is 2.80. The standard InChI is InChI=1S/C25H23FN2O5/c1-27(14-22(30)17-5-3-7-20(29)11-17)25(32)18-8-9-21-23(12-18)33-15-24(31)28(21)13-16-4-2-6-19(26)10-16/h2-12,22,29-30H,13-15H2,1H3/t22-/m0/s1. The number of fused-ring (bicyclic) bond motifs is 1. The van der Waals surface area contributed by atoms with E-state index < -0.39 is 6.10 Å². The normalized spacial score (nSPS) is 13.8. The van der Waals surface area contributed by atoms with Crippen LogP contribution in [-0.2, 0) is 11.3 Å². The van der Waals surface area contributed by atoms with Crippen LogP contribution < -0.4 is 9.64 Å². The van der Waals surface area contributed by atoms with Crippen LogP contribution in [0.3, 0.4) is 0 Å². The van der Waals surface area contributed by atoms with Gasteiger partial charge in [0.05, 0.1) is 24.9 Å². The Hall–Kier alpha value is -3.91. The highest BCUT2D eigenvalue weighted by Crippen LogP contribution is 2.34. The summed E-state index contributed by atoms with van der Waals surface area (Å²) in [6.45, 7) is 0.00663. The Balaban J connectivity index is 1.51. The van der Waals surface area contributed by atoms with Crippen LogP contribution in [0.15, 0.2) is 66.7 Å². The van der Waals surface area contributed by atoms with E-state index in [4.69, 9.17) is 4.74 Å². The third-order valence-electron chi connectivity index (χ3n) is 5.43. The van der Waals surface area contributed by atoms with Gasteiger partial charge in [-0.25, -0.2) is 4.39 Å². The first-order valence-electron chi connectivity index (χ1n) is 10.4. The maximum Gasteiger partial charge on any atom is 0.265 e. The number of likely N-dealkylation sites (N-methyl/N-ethyl adjacent to an activating group) is 1. The number of benzene rings is 3. The minimum atomic E-state index is -0.973. The van der Waals surface area contributed by atoms with E-state index in [2.05, 4.69) is 0 Å². The number of hydrogen-bond acceptors (Lipinski definition) is 5. The van der Waals surface area contributed by atoms with Crippen molar-refractivity contribution in [3.63, 3.8) is 0 Å². The average molecular weight is 450 g/mol. The smallest absolute Gasteiger partial charge is 0.265 e. The molecular formula is C25H23FN2O5. The summed E-state index contributed by atoms with van der Waals surface area (Å²) in [4.78, 5) is 28.2. The minimum absolute atomic E-state index is 0.0183. The zero-order chi connectivity index (χ0) is 23.5. The summed E-state index contributed by atoms with van der Waals surface area (Å²) >= 11 is 0. The fourth-order valence-corrected chi connectivity index (χ4v) is 3.73. The Morgan fingerprint density at radius 3 is 2.70 bits per heavy atom. The molecule has 0 fully saturated rings. The largest absolute Gasteiger partial charge is 0.508 e. The van der Waals surface area contributed by atoms with Crippen LogP contribution in [-0.4, -0.2) is 47.1 Å². The molecule has 0 spiro atoms. The number of carbonyl (C=O) groups excluding carboxylic acids is 2. The van der Waals surface area contributed by atoms with Crippen molar-refractivity contribution in [3.05, 3.63) is 89.2 Å². The first kappa shape index (κ1) is 22.3. The number of hydrogen-bond donors (Lipinski definition) is 2. The highest BCUT2D eigenvalue weighted by molar-refractivity contribution is 6.00. The van der Waals surface area contributed by atoms with Gasteiger partial charge in [-0.05, 0) is 53.6 Å². The van der Waals surface area contributed by atoms with Crippen molar-refractivity contribution in [1.29, 1.82) is 0 Å². The van der Waals surface area contributed by atoms with Gasteiger partial charge in [0.25, 0.3) is 11.8 Å². The third kappa shape index (κ3) is 4.96. The second-order valence-electron chi connectivity index (χ2n) is 7.88. The summed E-state index contributed by atoms with van der Waals surface area (Å²) < 4.78 is 19.1. The monoisotopic (exact) mass is 450 g/mol. The van der Waals surface area contributed by atoms with Crippen LogP contribution in [0.25, 0.3) is 0 Å². The summed E-state index contributed by atoms with van der Waals surface area (Å²) in [5.74, 6) is -0.583. The van der Waals surface area contributed by atoms with E-state index in [1.165, 1.54) is 34.1 Å². The highest BCUT2D eigenvalue weighted by Gasteiger charge is 2.27. The van der Waals surface area contributed by atoms with Gasteiger partial charge >= 0.3 is 0 Å². The summed E-state index contributed by atoms with van der Waals surface area (Å²) in [6, 6.07) is 17.0. The fraction of sp³-hybridized carbons (Fsp3) is 0.200. The molecule has 1 aliphatic heterocycles. The Morgan fingerprint density at radius 2 is 1.94 bits per heavy atom. The molecule has 1 aliphatic rings. The van der Waals surface area contributed by atoms with Crippen LogP contribution in [0.4, 0.5) is 10.1 Å². The lowest BCUT2D eigenvalue weighted by molar-refractivity contribution is -0.121. The van der Waals surface area contributed by atoms with Crippen molar-refractivity contribution in [2.75, 3.05) is 25.1 Å². The molecule has 3 aromatic rings. The van der Waals surface area contributed by atoms with Crippen molar-refractivity contribution >= 4 is 17.5 Å². The first-order valence-corrected chi connectivity index (χ1v) is 10.4. The molecule has 0 aliphatic carbocycles. The van der Waals surface area contributed by atoms with E-state index in [0.29, 0.717) is 28.1 Å². The Labute approximate surface area is 190 Å². The van der Waals surface area contributed by atoms with E-state index in [1.807, 2.05) is 0 Å². The number of phenolic OH excluding ortho intramolecular Hbond substituents is 1. The molecule has 33 heavy (non-hydrogen) atoms. The Morgan fingerprint density at radius 1 is 1.15 bits per heavy atom. The van der Waals surface area contributed by atoms with Crippen molar-refractivity contribution in [2.45, 2.75) is 12.6 Å². The van der Waals surface area contributed by atoms with Crippen LogP contribution >= 0.6 is 0 Å². The number of phenols is 1. The third-order valence-corrected chi connectivity index (χ3v) is 5.43. The lowest BCUT2D eigenvalue weighted by Gasteiger charge is -2.30. The molecule has 7 nitrogen and oxygen atoms in total. The Bertz CT molecular complexity index is 1200. The van der Waals surface area contributed by atoms with Gasteiger partial charge in [0.1, 0.15) is 17.3 Å². The molecule has 0 radical (unpaired) electrons. The number of aliphatic hydroxyl groups excluding tert-OH is 1. The van der Waals surface area contributed by atoms with Crippen LogP contribution in [0.1, 0.15) is 27.6 Å². The zero-order valence-corrected chi connectivity index (χ0v) is 17.9. The molecule has 0 bridgehead atoms. The van der Waals surface area contributed by atoms with E-state index in [0.717, 1.165) is 0 Å². The second kappa shape index (κ2) is 9.30. The number of amides is 2. The number of rotatable bonds is 6. The van der Waals surface area contributed by atoms with Gasteiger partial charge in [-0.15, -0.1) is 0 Å². The molecule has 8 heteroatoms. The van der Waals surface area contributed by atoms with Crippen molar-refractivity contribution in [3.8, 4) is 11.5 Å². The molecule has 3 aromatic carbocycles. The van der Waals surface area contributed by atoms with Gasteiger partial charge in [0, 0.05) is 12.6 Å². The molecule has 1 heterocycles. The van der Waals surface area contributed by atoms with Crippen molar-refractivity contribution in [2.24, 2.45) is 0 Å². The van der Waals surface area contributed by atoms with Crippen molar-refractivity contribution in [1.82, 2.24) is 4.90 Å². The molecule has 0 aromatic heterocycles.